The van der Waals surface area contributed by atoms with Crippen molar-refractivity contribution in [3.63, 3.8) is 0 Å². The first kappa shape index (κ1) is 17.2. The fourth-order valence-electron chi connectivity index (χ4n) is 3.39. The lowest BCUT2D eigenvalue weighted by atomic mass is 10.1. The van der Waals surface area contributed by atoms with E-state index in [1.807, 2.05) is 30.3 Å². The van der Waals surface area contributed by atoms with E-state index >= 15 is 0 Å². The first-order valence-electron chi connectivity index (χ1n) is 8.71. The Morgan fingerprint density at radius 1 is 1.04 bits per heavy atom. The molecule has 0 aliphatic carbocycles. The maximum absolute atomic E-state index is 13.2. The zero-order valence-electron chi connectivity index (χ0n) is 14.8. The van der Waals surface area contributed by atoms with Gasteiger partial charge in [-0.2, -0.15) is 0 Å². The van der Waals surface area contributed by atoms with Gasteiger partial charge < -0.3 is 5.32 Å². The highest BCUT2D eigenvalue weighted by atomic mass is 19.1. The number of H-pyrrole nitrogens is 1. The zero-order chi connectivity index (χ0) is 19.0. The second kappa shape index (κ2) is 6.85. The molecule has 4 rings (SSSR count). The lowest BCUT2D eigenvalue weighted by Gasteiger charge is -2.35. The fourth-order valence-corrected chi connectivity index (χ4v) is 3.39. The highest BCUT2D eigenvalue weighted by molar-refractivity contribution is 5.52. The van der Waals surface area contributed by atoms with E-state index in [2.05, 4.69) is 22.1 Å². The quantitative estimate of drug-likeness (QED) is 0.748. The molecule has 0 fully saturated rings. The summed E-state index contributed by atoms with van der Waals surface area (Å²) in [5, 5.41) is 3.20. The van der Waals surface area contributed by atoms with Crippen LogP contribution in [0.4, 0.5) is 10.2 Å². The number of halogens is 1. The summed E-state index contributed by atoms with van der Waals surface area (Å²) in [6, 6.07) is 15.7. The average Bonchev–Trinajstić information content (AvgIpc) is 2.69. The van der Waals surface area contributed by atoms with Crippen LogP contribution in [-0.4, -0.2) is 21.1 Å². The molecule has 3 aromatic rings. The summed E-state index contributed by atoms with van der Waals surface area (Å²) in [5.74, 6) is 0.0628. The molecule has 0 saturated carbocycles. The molecular formula is C20H19FN4O2. The van der Waals surface area contributed by atoms with Crippen molar-refractivity contribution in [2.45, 2.75) is 19.5 Å². The Labute approximate surface area is 154 Å². The Morgan fingerprint density at radius 2 is 1.74 bits per heavy atom. The van der Waals surface area contributed by atoms with Gasteiger partial charge in [0.1, 0.15) is 11.6 Å². The van der Waals surface area contributed by atoms with Crippen molar-refractivity contribution in [1.82, 2.24) is 14.5 Å². The summed E-state index contributed by atoms with van der Waals surface area (Å²) in [4.78, 5) is 29.3. The zero-order valence-corrected chi connectivity index (χ0v) is 14.8. The van der Waals surface area contributed by atoms with E-state index in [1.54, 1.807) is 0 Å². The van der Waals surface area contributed by atoms with Gasteiger partial charge in [-0.3, -0.25) is 14.7 Å². The molecule has 2 N–H and O–H groups in total. The van der Waals surface area contributed by atoms with Gasteiger partial charge in [0.05, 0.1) is 17.9 Å². The molecule has 2 aromatic carbocycles. The number of anilines is 1. The number of hydrogen-bond donors (Lipinski definition) is 2. The third kappa shape index (κ3) is 3.17. The van der Waals surface area contributed by atoms with E-state index in [0.29, 0.717) is 30.3 Å². The maximum Gasteiger partial charge on any atom is 0.334 e. The van der Waals surface area contributed by atoms with Gasteiger partial charge >= 0.3 is 5.69 Å². The van der Waals surface area contributed by atoms with E-state index in [1.165, 1.54) is 28.8 Å². The monoisotopic (exact) mass is 366 g/mol. The van der Waals surface area contributed by atoms with Crippen LogP contribution in [0.15, 0.2) is 64.2 Å². The largest absolute Gasteiger partial charge is 0.358 e. The number of nitrogens with one attached hydrogen (secondary N) is 2. The van der Waals surface area contributed by atoms with Gasteiger partial charge in [-0.05, 0) is 36.8 Å². The topological polar surface area (TPSA) is 70.1 Å². The van der Waals surface area contributed by atoms with Gasteiger partial charge in [0.15, 0.2) is 0 Å². The van der Waals surface area contributed by atoms with Crippen molar-refractivity contribution in [3.05, 3.63) is 92.4 Å². The van der Waals surface area contributed by atoms with Gasteiger partial charge in [0.2, 0.25) is 0 Å². The molecule has 0 spiro atoms. The first-order chi connectivity index (χ1) is 13.0. The third-order valence-corrected chi connectivity index (χ3v) is 4.93. The van der Waals surface area contributed by atoms with Crippen LogP contribution in [0.3, 0.4) is 0 Å². The number of hydrogen-bond acceptors (Lipinski definition) is 4. The molecule has 1 aromatic heterocycles. The number of fused-ring (bicyclic) bond motifs is 1. The van der Waals surface area contributed by atoms with Crippen LogP contribution in [0.25, 0.3) is 5.69 Å². The molecule has 6 nitrogen and oxygen atoms in total. The van der Waals surface area contributed by atoms with Gasteiger partial charge in [0, 0.05) is 12.6 Å². The van der Waals surface area contributed by atoms with Crippen molar-refractivity contribution in [1.29, 1.82) is 0 Å². The molecule has 0 radical (unpaired) electrons. The molecular weight excluding hydrogens is 347 g/mol. The van der Waals surface area contributed by atoms with E-state index in [9.17, 15) is 14.0 Å². The Kier molecular flexibility index (Phi) is 4.37. The van der Waals surface area contributed by atoms with Crippen LogP contribution in [0.5, 0.6) is 0 Å². The molecule has 7 heteroatoms. The predicted molar refractivity (Wildman–Crippen MR) is 102 cm³/mol. The Hall–Kier alpha value is -3.19. The summed E-state index contributed by atoms with van der Waals surface area (Å²) >= 11 is 0. The van der Waals surface area contributed by atoms with Crippen LogP contribution in [0.1, 0.15) is 24.1 Å². The molecule has 1 atom stereocenters. The van der Waals surface area contributed by atoms with Crippen LogP contribution in [0, 0.1) is 5.82 Å². The normalized spacial score (nSPS) is 15.0. The van der Waals surface area contributed by atoms with Crippen LogP contribution >= 0.6 is 0 Å². The van der Waals surface area contributed by atoms with E-state index in [4.69, 9.17) is 0 Å². The van der Waals surface area contributed by atoms with Crippen molar-refractivity contribution < 1.29 is 4.39 Å². The standard InChI is InChI=1S/C20H19FN4O2/c1-13(14-5-3-2-4-6-14)24-11-17-18(22-12-24)25(20(27)23-19(17)26)16-9-7-15(21)8-10-16/h2-10,13,22H,11-12H2,1H3,(H,23,26,27)/t13-/m1/s1. The summed E-state index contributed by atoms with van der Waals surface area (Å²) in [6.45, 7) is 2.95. The van der Waals surface area contributed by atoms with Crippen LogP contribution < -0.4 is 16.6 Å². The highest BCUT2D eigenvalue weighted by Crippen LogP contribution is 2.27. The predicted octanol–water partition coefficient (Wildman–Crippen LogP) is 2.61. The number of aromatic nitrogens is 2. The second-order valence-corrected chi connectivity index (χ2v) is 6.57. The summed E-state index contributed by atoms with van der Waals surface area (Å²) in [5.41, 5.74) is 1.15. The first-order valence-corrected chi connectivity index (χ1v) is 8.71. The minimum Gasteiger partial charge on any atom is -0.358 e. The lowest BCUT2D eigenvalue weighted by molar-refractivity contribution is 0.207. The Morgan fingerprint density at radius 3 is 2.44 bits per heavy atom. The van der Waals surface area contributed by atoms with Crippen molar-refractivity contribution in [3.8, 4) is 5.69 Å². The van der Waals surface area contributed by atoms with E-state index in [-0.39, 0.29) is 11.9 Å². The fraction of sp³-hybridized carbons (Fsp3) is 0.200. The van der Waals surface area contributed by atoms with Gasteiger partial charge in [-0.15, -0.1) is 0 Å². The van der Waals surface area contributed by atoms with E-state index in [0.717, 1.165) is 5.56 Å². The summed E-state index contributed by atoms with van der Waals surface area (Å²) < 4.78 is 14.6. The third-order valence-electron chi connectivity index (χ3n) is 4.93. The Bertz CT molecular complexity index is 1070. The van der Waals surface area contributed by atoms with Gasteiger partial charge in [0.25, 0.3) is 5.56 Å². The minimum atomic E-state index is -0.553. The number of aromatic amines is 1. The second-order valence-electron chi connectivity index (χ2n) is 6.57. The number of nitrogens with zero attached hydrogens (tertiary/aromatic N) is 2. The molecule has 27 heavy (non-hydrogen) atoms. The molecule has 1 aliphatic heterocycles. The van der Waals surface area contributed by atoms with Gasteiger partial charge in [-0.25, -0.2) is 13.8 Å². The average molecular weight is 366 g/mol. The molecule has 138 valence electrons. The maximum atomic E-state index is 13.2. The van der Waals surface area contributed by atoms with Crippen molar-refractivity contribution in [2.24, 2.45) is 0 Å². The molecule has 0 bridgehead atoms. The molecule has 1 aliphatic rings. The van der Waals surface area contributed by atoms with Crippen LogP contribution in [-0.2, 0) is 6.54 Å². The lowest BCUT2D eigenvalue weighted by Crippen LogP contribution is -2.43. The number of benzene rings is 2. The molecule has 2 heterocycles. The summed E-state index contributed by atoms with van der Waals surface area (Å²) in [6.07, 6.45) is 0. The van der Waals surface area contributed by atoms with E-state index < -0.39 is 11.2 Å². The molecule has 0 amide bonds. The van der Waals surface area contributed by atoms with Crippen molar-refractivity contribution in [2.75, 3.05) is 12.0 Å². The van der Waals surface area contributed by atoms with Crippen LogP contribution in [0.2, 0.25) is 0 Å². The summed E-state index contributed by atoms with van der Waals surface area (Å²) in [7, 11) is 0. The molecule has 0 saturated heterocycles. The number of rotatable bonds is 3. The van der Waals surface area contributed by atoms with Gasteiger partial charge in [-0.1, -0.05) is 30.3 Å². The SMILES string of the molecule is C[C@H](c1ccccc1)N1CNc2c(c(=O)[nH]c(=O)n2-c2ccc(F)cc2)C1. The minimum absolute atomic E-state index is 0.0949. The highest BCUT2D eigenvalue weighted by Gasteiger charge is 2.26. The Balaban J connectivity index is 1.74. The van der Waals surface area contributed by atoms with Crippen molar-refractivity contribution >= 4 is 5.82 Å². The smallest absolute Gasteiger partial charge is 0.334 e. The molecule has 0 unspecified atom stereocenters.